The number of nitrogens with zero attached hydrogens (tertiary/aromatic N) is 2. The van der Waals surface area contributed by atoms with Crippen LogP contribution in [0.15, 0.2) is 23.4 Å². The first-order valence-corrected chi connectivity index (χ1v) is 8.95. The van der Waals surface area contributed by atoms with Crippen LogP contribution in [0.2, 0.25) is 5.02 Å². The number of ether oxygens (including phenoxy) is 2. The van der Waals surface area contributed by atoms with Crippen molar-refractivity contribution >= 4 is 40.4 Å². The van der Waals surface area contributed by atoms with Crippen LogP contribution in [0.3, 0.4) is 0 Å². The average molecular weight is 357 g/mol. The van der Waals surface area contributed by atoms with Gasteiger partial charge in [-0.05, 0) is 24.6 Å². The summed E-state index contributed by atoms with van der Waals surface area (Å²) in [6, 6.07) is 5.59. The maximum Gasteiger partial charge on any atom is 0.316 e. The van der Waals surface area contributed by atoms with Gasteiger partial charge in [0.1, 0.15) is 0 Å². The predicted molar refractivity (Wildman–Crippen MR) is 93.2 cm³/mol. The Morgan fingerprint density at radius 3 is 2.96 bits per heavy atom. The Kier molecular flexibility index (Phi) is 7.20. The quantitative estimate of drug-likeness (QED) is 0.389. The predicted octanol–water partition coefficient (Wildman–Crippen LogP) is 3.77. The minimum atomic E-state index is -0.216. The Morgan fingerprint density at radius 2 is 2.22 bits per heavy atom. The molecule has 0 amide bonds. The maximum atomic E-state index is 11.8. The Morgan fingerprint density at radius 1 is 1.39 bits per heavy atom. The number of esters is 1. The molecule has 1 heterocycles. The van der Waals surface area contributed by atoms with Crippen LogP contribution in [0, 0.1) is 0 Å². The average Bonchev–Trinajstić information content (AvgIpc) is 2.87. The molecule has 1 aromatic carbocycles. The third kappa shape index (κ3) is 5.12. The van der Waals surface area contributed by atoms with E-state index in [1.165, 1.54) is 11.8 Å². The molecule has 2 aromatic rings. The van der Waals surface area contributed by atoms with Crippen LogP contribution in [-0.2, 0) is 20.8 Å². The molecule has 0 fully saturated rings. The number of rotatable bonds is 9. The van der Waals surface area contributed by atoms with Gasteiger partial charge in [0.15, 0.2) is 5.16 Å². The SMILES string of the molecule is CCCCOC(=O)CSc1nc2cc(Cl)ccc2n1CCOC. The second kappa shape index (κ2) is 9.15. The number of halogens is 1. The molecule has 0 saturated carbocycles. The second-order valence-corrected chi connectivity index (χ2v) is 6.41. The number of thioether (sulfide) groups is 1. The Hall–Kier alpha value is -1.24. The normalized spacial score (nSPS) is 11.1. The van der Waals surface area contributed by atoms with Crippen molar-refractivity contribution in [3.63, 3.8) is 0 Å². The highest BCUT2D eigenvalue weighted by Crippen LogP contribution is 2.26. The number of benzene rings is 1. The molecular formula is C16H21ClN2O3S. The fraction of sp³-hybridized carbons (Fsp3) is 0.500. The van der Waals surface area contributed by atoms with Crippen LogP contribution in [0.25, 0.3) is 11.0 Å². The summed E-state index contributed by atoms with van der Waals surface area (Å²) in [4.78, 5) is 16.3. The summed E-state index contributed by atoms with van der Waals surface area (Å²) < 4.78 is 12.4. The fourth-order valence-corrected chi connectivity index (χ4v) is 3.09. The summed E-state index contributed by atoms with van der Waals surface area (Å²) in [7, 11) is 1.66. The Labute approximate surface area is 145 Å². The molecule has 23 heavy (non-hydrogen) atoms. The van der Waals surface area contributed by atoms with Gasteiger partial charge in [0.05, 0.1) is 30.0 Å². The smallest absolute Gasteiger partial charge is 0.316 e. The van der Waals surface area contributed by atoms with Gasteiger partial charge in [-0.2, -0.15) is 0 Å². The van der Waals surface area contributed by atoms with Crippen LogP contribution in [-0.4, -0.2) is 41.6 Å². The number of imidazole rings is 1. The van der Waals surface area contributed by atoms with Gasteiger partial charge in [0.2, 0.25) is 0 Å². The van der Waals surface area contributed by atoms with Gasteiger partial charge >= 0.3 is 5.97 Å². The van der Waals surface area contributed by atoms with Crippen LogP contribution in [0.5, 0.6) is 0 Å². The van der Waals surface area contributed by atoms with Crippen LogP contribution < -0.4 is 0 Å². The van der Waals surface area contributed by atoms with E-state index in [4.69, 9.17) is 21.1 Å². The summed E-state index contributed by atoms with van der Waals surface area (Å²) in [5, 5.41) is 1.41. The molecule has 0 aliphatic rings. The van der Waals surface area contributed by atoms with Gasteiger partial charge < -0.3 is 14.0 Å². The molecule has 0 saturated heterocycles. The monoisotopic (exact) mass is 356 g/mol. The molecule has 1 aromatic heterocycles. The molecule has 0 aliphatic heterocycles. The zero-order valence-electron chi connectivity index (χ0n) is 13.4. The molecule has 0 unspecified atom stereocenters. The van der Waals surface area contributed by atoms with E-state index in [1.807, 2.05) is 22.8 Å². The summed E-state index contributed by atoms with van der Waals surface area (Å²) in [5.41, 5.74) is 1.80. The number of carbonyl (C=O) groups is 1. The Balaban J connectivity index is 2.10. The minimum absolute atomic E-state index is 0.216. The lowest BCUT2D eigenvalue weighted by Crippen LogP contribution is -2.10. The van der Waals surface area contributed by atoms with Gasteiger partial charge in [0.25, 0.3) is 0 Å². The molecule has 5 nitrogen and oxygen atoms in total. The third-order valence-electron chi connectivity index (χ3n) is 3.27. The van der Waals surface area contributed by atoms with Crippen molar-refractivity contribution < 1.29 is 14.3 Å². The maximum absolute atomic E-state index is 11.8. The number of hydrogen-bond donors (Lipinski definition) is 0. The number of carbonyl (C=O) groups excluding carboxylic acids is 1. The van der Waals surface area contributed by atoms with Crippen molar-refractivity contribution in [1.82, 2.24) is 9.55 Å². The molecule has 0 radical (unpaired) electrons. The van der Waals surface area contributed by atoms with Gasteiger partial charge in [-0.15, -0.1) is 0 Å². The van der Waals surface area contributed by atoms with Crippen molar-refractivity contribution in [1.29, 1.82) is 0 Å². The number of hydrogen-bond acceptors (Lipinski definition) is 5. The van der Waals surface area contributed by atoms with Crippen molar-refractivity contribution in [2.24, 2.45) is 0 Å². The van der Waals surface area contributed by atoms with Crippen molar-refractivity contribution in [3.8, 4) is 0 Å². The number of fused-ring (bicyclic) bond motifs is 1. The van der Waals surface area contributed by atoms with E-state index in [1.54, 1.807) is 7.11 Å². The molecular weight excluding hydrogens is 336 g/mol. The highest BCUT2D eigenvalue weighted by molar-refractivity contribution is 7.99. The van der Waals surface area contributed by atoms with Crippen molar-refractivity contribution in [2.75, 3.05) is 26.1 Å². The van der Waals surface area contributed by atoms with E-state index in [9.17, 15) is 4.79 Å². The molecule has 0 atom stereocenters. The van der Waals surface area contributed by atoms with Crippen LogP contribution >= 0.6 is 23.4 Å². The molecule has 0 N–H and O–H groups in total. The lowest BCUT2D eigenvalue weighted by atomic mass is 10.3. The van der Waals surface area contributed by atoms with Crippen molar-refractivity contribution in [2.45, 2.75) is 31.5 Å². The topological polar surface area (TPSA) is 53.3 Å². The van der Waals surface area contributed by atoms with Crippen LogP contribution in [0.4, 0.5) is 0 Å². The summed E-state index contributed by atoms with van der Waals surface area (Å²) in [6.07, 6.45) is 1.90. The third-order valence-corrected chi connectivity index (χ3v) is 4.46. The first kappa shape index (κ1) is 18.1. The molecule has 126 valence electrons. The Bertz CT molecular complexity index is 660. The van der Waals surface area contributed by atoms with Gasteiger partial charge in [-0.3, -0.25) is 4.79 Å². The number of aromatic nitrogens is 2. The molecule has 0 bridgehead atoms. The number of methoxy groups -OCH3 is 1. The summed E-state index contributed by atoms with van der Waals surface area (Å²) >= 11 is 7.40. The van der Waals surface area contributed by atoms with E-state index in [-0.39, 0.29) is 11.7 Å². The highest BCUT2D eigenvalue weighted by Gasteiger charge is 2.14. The van der Waals surface area contributed by atoms with E-state index >= 15 is 0 Å². The molecule has 0 aliphatic carbocycles. The molecule has 7 heteroatoms. The first-order chi connectivity index (χ1) is 11.2. The van der Waals surface area contributed by atoms with E-state index in [0.717, 1.165) is 29.0 Å². The summed E-state index contributed by atoms with van der Waals surface area (Å²) in [6.45, 7) is 3.78. The van der Waals surface area contributed by atoms with Crippen molar-refractivity contribution in [3.05, 3.63) is 23.2 Å². The minimum Gasteiger partial charge on any atom is -0.465 e. The summed E-state index contributed by atoms with van der Waals surface area (Å²) in [5.74, 6) is 0.0279. The second-order valence-electron chi connectivity index (χ2n) is 5.03. The first-order valence-electron chi connectivity index (χ1n) is 7.58. The highest BCUT2D eigenvalue weighted by atomic mass is 35.5. The molecule has 0 spiro atoms. The largest absolute Gasteiger partial charge is 0.465 e. The number of unbranched alkanes of at least 4 members (excludes halogenated alkanes) is 1. The van der Waals surface area contributed by atoms with Crippen LogP contribution in [0.1, 0.15) is 19.8 Å². The zero-order valence-corrected chi connectivity index (χ0v) is 15.0. The lowest BCUT2D eigenvalue weighted by Gasteiger charge is -2.08. The van der Waals surface area contributed by atoms with E-state index in [0.29, 0.717) is 24.8 Å². The standard InChI is InChI=1S/C16H21ClN2O3S/c1-3-4-8-22-15(20)11-23-16-18-13-10-12(17)5-6-14(13)19(16)7-9-21-2/h5-6,10H,3-4,7-9,11H2,1-2H3. The van der Waals surface area contributed by atoms with E-state index < -0.39 is 0 Å². The fourth-order valence-electron chi connectivity index (χ4n) is 2.09. The van der Waals surface area contributed by atoms with Gasteiger partial charge in [-0.25, -0.2) is 4.98 Å². The van der Waals surface area contributed by atoms with Gasteiger partial charge in [0, 0.05) is 18.7 Å². The lowest BCUT2D eigenvalue weighted by molar-refractivity contribution is -0.140. The van der Waals surface area contributed by atoms with Gasteiger partial charge in [-0.1, -0.05) is 36.7 Å². The van der Waals surface area contributed by atoms with E-state index in [2.05, 4.69) is 11.9 Å². The zero-order chi connectivity index (χ0) is 16.7. The molecule has 2 rings (SSSR count).